The monoisotopic (exact) mass is 688 g/mol. The van der Waals surface area contributed by atoms with E-state index in [9.17, 15) is 0 Å². The van der Waals surface area contributed by atoms with Crippen LogP contribution in [0.15, 0.2) is 170 Å². The molecular formula is C54H40. The van der Waals surface area contributed by atoms with Crippen molar-refractivity contribution in [3.63, 3.8) is 0 Å². The van der Waals surface area contributed by atoms with Crippen molar-refractivity contribution in [3.8, 4) is 44.5 Å². The average molecular weight is 689 g/mol. The molecule has 0 radical (unpaired) electrons. The minimum absolute atomic E-state index is 0.905. The Balaban J connectivity index is 1.27. The van der Waals surface area contributed by atoms with Crippen LogP contribution in [-0.4, -0.2) is 0 Å². The fourth-order valence-corrected chi connectivity index (χ4v) is 10.2. The summed E-state index contributed by atoms with van der Waals surface area (Å²) in [4.78, 5) is 0. The van der Waals surface area contributed by atoms with Gasteiger partial charge in [-0.15, -0.1) is 0 Å². The molecule has 54 heavy (non-hydrogen) atoms. The Bertz CT molecular complexity index is 2340. The van der Waals surface area contributed by atoms with E-state index in [2.05, 4.69) is 170 Å². The Morgan fingerprint density at radius 1 is 0.185 bits per heavy atom. The van der Waals surface area contributed by atoms with Gasteiger partial charge in [-0.25, -0.2) is 0 Å². The van der Waals surface area contributed by atoms with Gasteiger partial charge in [-0.3, -0.25) is 0 Å². The van der Waals surface area contributed by atoms with Crippen molar-refractivity contribution in [1.82, 2.24) is 0 Å². The lowest BCUT2D eigenvalue weighted by molar-refractivity contribution is 0.934. The summed E-state index contributed by atoms with van der Waals surface area (Å²) in [6.45, 7) is 0. The highest BCUT2D eigenvalue weighted by molar-refractivity contribution is 5.91. The summed E-state index contributed by atoms with van der Waals surface area (Å²) < 4.78 is 0. The van der Waals surface area contributed by atoms with Gasteiger partial charge < -0.3 is 0 Å². The molecule has 0 unspecified atom stereocenters. The van der Waals surface area contributed by atoms with Crippen LogP contribution < -0.4 is 0 Å². The zero-order valence-corrected chi connectivity index (χ0v) is 30.4. The highest BCUT2D eigenvalue weighted by Crippen LogP contribution is 2.53. The average Bonchev–Trinajstić information content (AvgIpc) is 3.24. The molecule has 0 spiro atoms. The summed E-state index contributed by atoms with van der Waals surface area (Å²) in [5, 5.41) is 0. The van der Waals surface area contributed by atoms with Crippen molar-refractivity contribution < 1.29 is 0 Å². The maximum absolute atomic E-state index is 2.35. The first-order valence-electron chi connectivity index (χ1n) is 19.5. The molecular weight excluding hydrogens is 649 g/mol. The van der Waals surface area contributed by atoms with E-state index in [0.29, 0.717) is 0 Å². The molecule has 0 N–H and O–H groups in total. The van der Waals surface area contributed by atoms with Crippen LogP contribution in [0.2, 0.25) is 0 Å². The number of benzene rings is 8. The number of hydrogen-bond acceptors (Lipinski definition) is 0. The zero-order valence-electron chi connectivity index (χ0n) is 30.4. The van der Waals surface area contributed by atoms with Gasteiger partial charge in [0.25, 0.3) is 0 Å². The lowest BCUT2D eigenvalue weighted by atomic mass is 9.66. The topological polar surface area (TPSA) is 0 Å². The van der Waals surface area contributed by atoms with Crippen LogP contribution in [0.3, 0.4) is 0 Å². The molecule has 11 rings (SSSR count). The normalized spacial score (nSPS) is 13.5. The van der Waals surface area contributed by atoms with Gasteiger partial charge in [0, 0.05) is 0 Å². The van der Waals surface area contributed by atoms with E-state index in [1.807, 2.05) is 0 Å². The van der Waals surface area contributed by atoms with E-state index in [4.69, 9.17) is 0 Å². The number of hydrogen-bond donors (Lipinski definition) is 0. The maximum Gasteiger partial charge on any atom is -0.000709 e. The molecule has 0 fully saturated rings. The van der Waals surface area contributed by atoms with Crippen LogP contribution >= 0.6 is 0 Å². The lowest BCUT2D eigenvalue weighted by Gasteiger charge is -2.37. The Morgan fingerprint density at radius 3 is 0.593 bits per heavy atom. The van der Waals surface area contributed by atoms with E-state index in [-0.39, 0.29) is 0 Å². The first-order valence-corrected chi connectivity index (χ1v) is 19.5. The SMILES string of the molecule is c1ccc(-c2c3c(c(-c4ccccc4)c4c2Cc2c(c(-c5ccccc5)c5c(c2-c2ccccc2)Cc2ccccc2C5)C4)Cc2ccccc2C3)cc1. The fourth-order valence-electron chi connectivity index (χ4n) is 10.2. The van der Waals surface area contributed by atoms with Gasteiger partial charge >= 0.3 is 0 Å². The van der Waals surface area contributed by atoms with Crippen molar-refractivity contribution >= 4 is 0 Å². The molecule has 3 aliphatic carbocycles. The molecule has 0 saturated carbocycles. The first-order chi connectivity index (χ1) is 26.8. The van der Waals surface area contributed by atoms with Gasteiger partial charge in [0.05, 0.1) is 0 Å². The minimum Gasteiger partial charge on any atom is -0.0622 e. The second kappa shape index (κ2) is 12.7. The van der Waals surface area contributed by atoms with E-state index < -0.39 is 0 Å². The second-order valence-corrected chi connectivity index (χ2v) is 15.4. The molecule has 0 saturated heterocycles. The molecule has 0 atom stereocenters. The third-order valence-electron chi connectivity index (χ3n) is 12.5. The van der Waals surface area contributed by atoms with Crippen molar-refractivity contribution in [2.24, 2.45) is 0 Å². The third-order valence-corrected chi connectivity index (χ3v) is 12.5. The molecule has 0 aromatic heterocycles. The Kier molecular flexibility index (Phi) is 7.37. The van der Waals surface area contributed by atoms with E-state index >= 15 is 0 Å². The van der Waals surface area contributed by atoms with Gasteiger partial charge in [-0.2, -0.15) is 0 Å². The Labute approximate surface area is 318 Å². The van der Waals surface area contributed by atoms with Gasteiger partial charge in [0.1, 0.15) is 0 Å². The van der Waals surface area contributed by atoms with Crippen molar-refractivity contribution in [3.05, 3.63) is 237 Å². The molecule has 0 aliphatic heterocycles. The summed E-state index contributed by atoms with van der Waals surface area (Å²) in [6.07, 6.45) is 5.63. The molecule has 8 aromatic carbocycles. The van der Waals surface area contributed by atoms with Gasteiger partial charge in [-0.05, 0) is 150 Å². The van der Waals surface area contributed by atoms with Crippen LogP contribution in [-0.2, 0) is 38.5 Å². The van der Waals surface area contributed by atoms with Crippen molar-refractivity contribution in [2.45, 2.75) is 38.5 Å². The van der Waals surface area contributed by atoms with Gasteiger partial charge in [0.15, 0.2) is 0 Å². The highest BCUT2D eigenvalue weighted by Gasteiger charge is 2.36. The lowest BCUT2D eigenvalue weighted by Crippen LogP contribution is -2.22. The van der Waals surface area contributed by atoms with Crippen LogP contribution in [0, 0.1) is 0 Å². The smallest absolute Gasteiger partial charge is 0.000709 e. The minimum atomic E-state index is 0.905. The third kappa shape index (κ3) is 4.97. The van der Waals surface area contributed by atoms with Crippen LogP contribution in [0.4, 0.5) is 0 Å². The molecule has 0 heterocycles. The number of fused-ring (bicyclic) bond motifs is 6. The summed E-state index contributed by atoms with van der Waals surface area (Å²) in [6, 6.07) is 63.6. The maximum atomic E-state index is 2.35. The molecule has 0 nitrogen and oxygen atoms in total. The standard InChI is InChI=1S/C54H40/c1-5-17-35(18-6-1)51-43-29-39-25-13-14-26-40(39)30-44(43)52(36-19-7-2-8-20-36)48-34-50-49(33-47(48)51)53(37-21-9-3-10-22-37)45-31-41-27-15-16-28-42(41)32-46(45)54(50)38-23-11-4-12-24-38/h1-28H,29-34H2. The second-order valence-electron chi connectivity index (χ2n) is 15.4. The highest BCUT2D eigenvalue weighted by atomic mass is 14.4. The van der Waals surface area contributed by atoms with Gasteiger partial charge in [-0.1, -0.05) is 170 Å². The molecule has 8 aromatic rings. The number of rotatable bonds is 4. The van der Waals surface area contributed by atoms with E-state index in [1.165, 1.54) is 111 Å². The first kappa shape index (κ1) is 31.3. The zero-order chi connectivity index (χ0) is 35.6. The predicted octanol–water partition coefficient (Wildman–Crippen LogP) is 12.8. The van der Waals surface area contributed by atoms with Crippen LogP contribution in [0.25, 0.3) is 44.5 Å². The molecule has 0 amide bonds. The summed E-state index contributed by atoms with van der Waals surface area (Å²) in [7, 11) is 0. The van der Waals surface area contributed by atoms with E-state index in [0.717, 1.165) is 38.5 Å². The molecule has 0 bridgehead atoms. The molecule has 3 aliphatic rings. The largest absolute Gasteiger partial charge is 0.0622 e. The molecule has 256 valence electrons. The summed E-state index contributed by atoms with van der Waals surface area (Å²) in [5.74, 6) is 0. The van der Waals surface area contributed by atoms with Crippen molar-refractivity contribution in [1.29, 1.82) is 0 Å². The van der Waals surface area contributed by atoms with E-state index in [1.54, 1.807) is 0 Å². The van der Waals surface area contributed by atoms with Gasteiger partial charge in [0.2, 0.25) is 0 Å². The molecule has 0 heteroatoms. The van der Waals surface area contributed by atoms with Crippen LogP contribution in [0.1, 0.15) is 66.8 Å². The van der Waals surface area contributed by atoms with Crippen LogP contribution in [0.5, 0.6) is 0 Å². The quantitative estimate of drug-likeness (QED) is 0.173. The Morgan fingerprint density at radius 2 is 0.370 bits per heavy atom. The summed E-state index contributed by atoms with van der Waals surface area (Å²) >= 11 is 0. The predicted molar refractivity (Wildman–Crippen MR) is 224 cm³/mol. The van der Waals surface area contributed by atoms with Crippen molar-refractivity contribution in [2.75, 3.05) is 0 Å². The summed E-state index contributed by atoms with van der Waals surface area (Å²) in [5.41, 5.74) is 29.1. The Hall–Kier alpha value is -6.24. The fraction of sp³-hybridized carbons (Fsp3) is 0.111.